The summed E-state index contributed by atoms with van der Waals surface area (Å²) in [6.45, 7) is 9.45. The number of hydrogen-bond donors (Lipinski definition) is 4. The van der Waals surface area contributed by atoms with Crippen molar-refractivity contribution in [1.82, 2.24) is 40.4 Å². The lowest BCUT2D eigenvalue weighted by Crippen LogP contribution is -2.54. The van der Waals surface area contributed by atoms with E-state index >= 15 is 0 Å². The predicted molar refractivity (Wildman–Crippen MR) is 211 cm³/mol. The van der Waals surface area contributed by atoms with Gasteiger partial charge in [0.15, 0.2) is 23.0 Å². The summed E-state index contributed by atoms with van der Waals surface area (Å²) in [6.07, 6.45) is 3.24. The van der Waals surface area contributed by atoms with Crippen LogP contribution in [0.2, 0.25) is 0 Å². The molecule has 1 fully saturated rings. The van der Waals surface area contributed by atoms with E-state index in [9.17, 15) is 19.2 Å². The molecule has 4 N–H and O–H groups in total. The number of methoxy groups -OCH3 is 3. The second-order valence-corrected chi connectivity index (χ2v) is 13.8. The SMILES string of the molecule is CCC.COCCN(Cc1ncc(-c2ccc3c(c2)Oc2ccc(-c4cnc(C5COCCN5C(=O)C(NC(=O)OC)C(C)C)[nH]4)cc2O3)[nH]1)C(=O)CNC(=O)OC. The Morgan fingerprint density at radius 2 is 1.52 bits per heavy atom. The third-order valence-corrected chi connectivity index (χ3v) is 9.12. The molecule has 2 atom stereocenters. The topological polar surface area (TPSA) is 212 Å². The number of ether oxygens (including phenoxy) is 6. The predicted octanol–water partition coefficient (Wildman–Crippen LogP) is 5.39. The fraction of sp³-hybridized carbons (Fsp3) is 0.450. The summed E-state index contributed by atoms with van der Waals surface area (Å²) in [5, 5.41) is 5.06. The molecule has 6 rings (SSSR count). The highest BCUT2D eigenvalue weighted by molar-refractivity contribution is 5.86. The molecule has 312 valence electrons. The molecule has 18 heteroatoms. The van der Waals surface area contributed by atoms with Crippen LogP contribution in [0.25, 0.3) is 22.5 Å². The normalized spacial score (nSPS) is 14.7. The number of aromatic nitrogens is 4. The van der Waals surface area contributed by atoms with E-state index < -0.39 is 24.3 Å². The molecule has 4 heterocycles. The minimum Gasteiger partial charge on any atom is -0.453 e. The molecule has 2 aromatic carbocycles. The molecule has 4 aromatic rings. The molecule has 0 bridgehead atoms. The molecule has 2 aliphatic heterocycles. The van der Waals surface area contributed by atoms with Crippen LogP contribution in [0.3, 0.4) is 0 Å². The van der Waals surface area contributed by atoms with Crippen molar-refractivity contribution in [2.24, 2.45) is 5.92 Å². The highest BCUT2D eigenvalue weighted by atomic mass is 16.6. The maximum absolute atomic E-state index is 13.6. The number of H-pyrrole nitrogens is 2. The largest absolute Gasteiger partial charge is 0.453 e. The Labute approximate surface area is 336 Å². The summed E-state index contributed by atoms with van der Waals surface area (Å²) in [5.41, 5.74) is 2.97. The van der Waals surface area contributed by atoms with E-state index in [2.05, 4.69) is 49.2 Å². The molecular formula is C40H52N8O10. The summed E-state index contributed by atoms with van der Waals surface area (Å²) in [5.74, 6) is 2.39. The first-order chi connectivity index (χ1) is 28.0. The molecular weight excluding hydrogens is 752 g/mol. The van der Waals surface area contributed by atoms with E-state index in [1.165, 1.54) is 25.5 Å². The van der Waals surface area contributed by atoms with E-state index in [1.807, 2.05) is 38.1 Å². The van der Waals surface area contributed by atoms with Crippen LogP contribution in [-0.2, 0) is 35.1 Å². The second-order valence-electron chi connectivity index (χ2n) is 13.8. The van der Waals surface area contributed by atoms with Crippen molar-refractivity contribution < 1.29 is 47.6 Å². The van der Waals surface area contributed by atoms with Gasteiger partial charge >= 0.3 is 12.2 Å². The highest BCUT2D eigenvalue weighted by Gasteiger charge is 2.37. The Kier molecular flexibility index (Phi) is 15.1. The Morgan fingerprint density at radius 3 is 2.12 bits per heavy atom. The van der Waals surface area contributed by atoms with Gasteiger partial charge in [0.2, 0.25) is 11.8 Å². The maximum Gasteiger partial charge on any atom is 0.407 e. The van der Waals surface area contributed by atoms with Crippen molar-refractivity contribution in [3.8, 4) is 45.5 Å². The van der Waals surface area contributed by atoms with Gasteiger partial charge in [-0.05, 0) is 42.3 Å². The van der Waals surface area contributed by atoms with Gasteiger partial charge in [0.25, 0.3) is 0 Å². The Hall–Kier alpha value is -6.14. The third-order valence-electron chi connectivity index (χ3n) is 9.12. The van der Waals surface area contributed by atoms with Gasteiger partial charge < -0.3 is 58.8 Å². The van der Waals surface area contributed by atoms with E-state index in [0.717, 1.165) is 11.1 Å². The maximum atomic E-state index is 13.6. The number of hydrogen-bond acceptors (Lipinski definition) is 12. The minimum absolute atomic E-state index is 0.168. The van der Waals surface area contributed by atoms with Crippen molar-refractivity contribution in [3.05, 3.63) is 60.4 Å². The summed E-state index contributed by atoms with van der Waals surface area (Å²) in [6, 6.07) is 9.76. The molecule has 0 aliphatic carbocycles. The smallest absolute Gasteiger partial charge is 0.407 e. The van der Waals surface area contributed by atoms with E-state index in [-0.39, 0.29) is 37.4 Å². The number of nitrogens with one attached hydrogen (secondary N) is 4. The summed E-state index contributed by atoms with van der Waals surface area (Å²) in [7, 11) is 4.03. The first kappa shape index (κ1) is 43.0. The van der Waals surface area contributed by atoms with Gasteiger partial charge in [-0.1, -0.05) is 34.1 Å². The molecule has 0 spiro atoms. The van der Waals surface area contributed by atoms with Crippen molar-refractivity contribution in [2.75, 3.05) is 60.8 Å². The second kappa shape index (κ2) is 20.3. The summed E-state index contributed by atoms with van der Waals surface area (Å²) in [4.78, 5) is 68.7. The van der Waals surface area contributed by atoms with Crippen molar-refractivity contribution in [1.29, 1.82) is 0 Å². The number of rotatable bonds is 13. The quantitative estimate of drug-likeness (QED) is 0.118. The molecule has 4 amide bonds. The van der Waals surface area contributed by atoms with Crippen molar-refractivity contribution >= 4 is 24.0 Å². The van der Waals surface area contributed by atoms with Crippen LogP contribution in [0, 0.1) is 5.92 Å². The average molecular weight is 805 g/mol. The van der Waals surface area contributed by atoms with Crippen LogP contribution in [-0.4, -0.2) is 121 Å². The lowest BCUT2D eigenvalue weighted by Gasteiger charge is -2.37. The molecule has 58 heavy (non-hydrogen) atoms. The number of benzene rings is 2. The molecule has 2 unspecified atom stereocenters. The number of carbonyl (C=O) groups excluding carboxylic acids is 4. The van der Waals surface area contributed by atoms with E-state index in [1.54, 1.807) is 36.5 Å². The van der Waals surface area contributed by atoms with Gasteiger partial charge in [-0.2, -0.15) is 0 Å². The molecule has 2 aromatic heterocycles. The fourth-order valence-electron chi connectivity index (χ4n) is 6.14. The van der Waals surface area contributed by atoms with Crippen LogP contribution in [0.1, 0.15) is 51.8 Å². The van der Waals surface area contributed by atoms with E-state index in [4.69, 9.17) is 23.7 Å². The molecule has 0 saturated carbocycles. The number of aromatic amines is 2. The van der Waals surface area contributed by atoms with Crippen LogP contribution in [0.4, 0.5) is 9.59 Å². The number of nitrogens with zero attached hydrogens (tertiary/aromatic N) is 4. The summed E-state index contributed by atoms with van der Waals surface area (Å²) < 4.78 is 32.7. The van der Waals surface area contributed by atoms with Gasteiger partial charge in [-0.25, -0.2) is 19.6 Å². The molecule has 2 aliphatic rings. The first-order valence-corrected chi connectivity index (χ1v) is 19.0. The van der Waals surface area contributed by atoms with Gasteiger partial charge in [0.05, 0.1) is 64.4 Å². The zero-order valence-electron chi connectivity index (χ0n) is 33.9. The van der Waals surface area contributed by atoms with E-state index in [0.29, 0.717) is 72.3 Å². The molecule has 18 nitrogen and oxygen atoms in total. The summed E-state index contributed by atoms with van der Waals surface area (Å²) >= 11 is 0. The standard InChI is InChI=1S/C37H44N8O10.C3H8/c1-21(2)33(43-37(49)52-5)35(47)45-11-13-53-20-26(45)34-39-17-25(42-34)23-7-9-28-30(15-23)55-27-8-6-22(14-29(27)54-28)24-16-38-31(41-24)19-44(10-12-50-3)32(46)18-40-36(48)51-4;1-3-2/h6-9,14-17,21,26,33H,10-13,18-20H2,1-5H3,(H,38,41)(H,39,42)(H,40,48)(H,43,49);3H2,1-2H3. The number of carbonyl (C=O) groups is 4. The van der Waals surface area contributed by atoms with Gasteiger partial charge in [-0.15, -0.1) is 0 Å². The lowest BCUT2D eigenvalue weighted by atomic mass is 10.0. The molecule has 0 radical (unpaired) electrons. The third kappa shape index (κ3) is 10.6. The average Bonchev–Trinajstić information content (AvgIpc) is 3.93. The minimum atomic E-state index is -0.778. The Morgan fingerprint density at radius 1 is 0.897 bits per heavy atom. The number of alkyl carbamates (subject to hydrolysis) is 2. The van der Waals surface area contributed by atoms with Crippen LogP contribution in [0.5, 0.6) is 23.0 Å². The Balaban J connectivity index is 0.00000207. The number of morpholine rings is 1. The first-order valence-electron chi connectivity index (χ1n) is 19.0. The van der Waals surface area contributed by atoms with Crippen LogP contribution < -0.4 is 20.1 Å². The van der Waals surface area contributed by atoms with Crippen LogP contribution in [0.15, 0.2) is 48.8 Å². The number of amides is 4. The number of imidazole rings is 2. The van der Waals surface area contributed by atoms with Crippen molar-refractivity contribution in [3.63, 3.8) is 0 Å². The van der Waals surface area contributed by atoms with Crippen LogP contribution >= 0.6 is 0 Å². The zero-order chi connectivity index (χ0) is 41.8. The Bertz CT molecular complexity index is 2030. The van der Waals surface area contributed by atoms with Gasteiger partial charge in [0, 0.05) is 31.3 Å². The molecule has 1 saturated heterocycles. The highest BCUT2D eigenvalue weighted by Crippen LogP contribution is 2.47. The fourth-order valence-corrected chi connectivity index (χ4v) is 6.14. The van der Waals surface area contributed by atoms with Gasteiger partial charge in [0.1, 0.15) is 30.3 Å². The van der Waals surface area contributed by atoms with Gasteiger partial charge in [-0.3, -0.25) is 9.59 Å². The number of fused-ring (bicyclic) bond motifs is 2. The van der Waals surface area contributed by atoms with Crippen molar-refractivity contribution in [2.45, 2.75) is 52.7 Å². The lowest BCUT2D eigenvalue weighted by molar-refractivity contribution is -0.143. The monoisotopic (exact) mass is 804 g/mol. The zero-order valence-corrected chi connectivity index (χ0v) is 33.9.